The van der Waals surface area contributed by atoms with Crippen LogP contribution in [0.15, 0.2) is 12.3 Å². The molecule has 0 saturated heterocycles. The Labute approximate surface area is 104 Å². The monoisotopic (exact) mass is 237 g/mol. The SMILES string of the molecule is CNCc1cnc(N(C)CCCOC)c(C)c1. The molecule has 1 aromatic rings. The number of hydrogen-bond donors (Lipinski definition) is 1. The second kappa shape index (κ2) is 7.25. The number of nitrogens with zero attached hydrogens (tertiary/aromatic N) is 2. The van der Waals surface area contributed by atoms with Crippen LogP contribution in [-0.4, -0.2) is 39.3 Å². The zero-order chi connectivity index (χ0) is 12.7. The average molecular weight is 237 g/mol. The predicted molar refractivity (Wildman–Crippen MR) is 71.5 cm³/mol. The van der Waals surface area contributed by atoms with E-state index in [1.54, 1.807) is 7.11 Å². The van der Waals surface area contributed by atoms with Gasteiger partial charge in [0.25, 0.3) is 0 Å². The molecule has 0 aromatic carbocycles. The summed E-state index contributed by atoms with van der Waals surface area (Å²) < 4.78 is 5.05. The lowest BCUT2D eigenvalue weighted by atomic mass is 10.2. The number of anilines is 1. The Balaban J connectivity index is 2.63. The van der Waals surface area contributed by atoms with E-state index < -0.39 is 0 Å². The molecule has 4 nitrogen and oxygen atoms in total. The van der Waals surface area contributed by atoms with Crippen molar-refractivity contribution in [3.05, 3.63) is 23.4 Å². The van der Waals surface area contributed by atoms with Crippen molar-refractivity contribution in [3.8, 4) is 0 Å². The summed E-state index contributed by atoms with van der Waals surface area (Å²) in [4.78, 5) is 6.70. The van der Waals surface area contributed by atoms with E-state index in [-0.39, 0.29) is 0 Å². The van der Waals surface area contributed by atoms with Gasteiger partial charge in [-0.3, -0.25) is 0 Å². The third-order valence-corrected chi connectivity index (χ3v) is 2.69. The lowest BCUT2D eigenvalue weighted by molar-refractivity contribution is 0.196. The maximum atomic E-state index is 5.05. The Kier molecular flexibility index (Phi) is 5.94. The number of nitrogens with one attached hydrogen (secondary N) is 1. The van der Waals surface area contributed by atoms with E-state index in [1.165, 1.54) is 11.1 Å². The van der Waals surface area contributed by atoms with E-state index in [1.807, 2.05) is 13.2 Å². The van der Waals surface area contributed by atoms with Gasteiger partial charge in [-0.2, -0.15) is 0 Å². The van der Waals surface area contributed by atoms with E-state index >= 15 is 0 Å². The maximum Gasteiger partial charge on any atom is 0.131 e. The van der Waals surface area contributed by atoms with Gasteiger partial charge < -0.3 is 15.0 Å². The minimum atomic E-state index is 0.793. The van der Waals surface area contributed by atoms with Crippen molar-refractivity contribution in [3.63, 3.8) is 0 Å². The van der Waals surface area contributed by atoms with Crippen LogP contribution in [-0.2, 0) is 11.3 Å². The molecule has 0 saturated carbocycles. The number of rotatable bonds is 7. The molecule has 1 N–H and O–H groups in total. The van der Waals surface area contributed by atoms with Crippen molar-refractivity contribution in [1.29, 1.82) is 0 Å². The molecule has 1 aromatic heterocycles. The van der Waals surface area contributed by atoms with Gasteiger partial charge in [0.1, 0.15) is 5.82 Å². The first kappa shape index (κ1) is 13.9. The number of aryl methyl sites for hydroxylation is 1. The molecule has 0 amide bonds. The van der Waals surface area contributed by atoms with Crippen molar-refractivity contribution >= 4 is 5.82 Å². The van der Waals surface area contributed by atoms with Crippen molar-refractivity contribution in [1.82, 2.24) is 10.3 Å². The van der Waals surface area contributed by atoms with E-state index in [0.29, 0.717) is 0 Å². The van der Waals surface area contributed by atoms with Gasteiger partial charge in [-0.15, -0.1) is 0 Å². The molecule has 0 spiro atoms. The van der Waals surface area contributed by atoms with Gasteiger partial charge in [0.2, 0.25) is 0 Å². The van der Waals surface area contributed by atoms with Crippen LogP contribution >= 0.6 is 0 Å². The first-order valence-corrected chi connectivity index (χ1v) is 5.99. The van der Waals surface area contributed by atoms with Gasteiger partial charge >= 0.3 is 0 Å². The smallest absolute Gasteiger partial charge is 0.131 e. The summed E-state index contributed by atoms with van der Waals surface area (Å²) >= 11 is 0. The minimum absolute atomic E-state index is 0.793. The standard InChI is InChI=1S/C13H23N3O/c1-11-8-12(9-14-2)10-15-13(11)16(3)6-5-7-17-4/h8,10,14H,5-7,9H2,1-4H3. The highest BCUT2D eigenvalue weighted by Gasteiger charge is 2.06. The molecule has 0 radical (unpaired) electrons. The van der Waals surface area contributed by atoms with Crippen LogP contribution in [0, 0.1) is 6.92 Å². The van der Waals surface area contributed by atoms with E-state index in [2.05, 4.69) is 35.2 Å². The number of pyridine rings is 1. The van der Waals surface area contributed by atoms with Crippen molar-refractivity contribution < 1.29 is 4.74 Å². The molecule has 0 fully saturated rings. The molecule has 4 heteroatoms. The predicted octanol–water partition coefficient (Wildman–Crippen LogP) is 1.58. The molecule has 0 aliphatic carbocycles. The number of hydrogen-bond acceptors (Lipinski definition) is 4. The van der Waals surface area contributed by atoms with Gasteiger partial charge in [0.15, 0.2) is 0 Å². The molecule has 0 atom stereocenters. The first-order chi connectivity index (χ1) is 8.19. The highest BCUT2D eigenvalue weighted by molar-refractivity contribution is 5.46. The summed E-state index contributed by atoms with van der Waals surface area (Å²) in [7, 11) is 5.75. The van der Waals surface area contributed by atoms with Gasteiger partial charge in [-0.25, -0.2) is 4.98 Å². The fourth-order valence-corrected chi connectivity index (χ4v) is 1.88. The molecule has 17 heavy (non-hydrogen) atoms. The van der Waals surface area contributed by atoms with Gasteiger partial charge in [-0.1, -0.05) is 0 Å². The largest absolute Gasteiger partial charge is 0.385 e. The molecular formula is C13H23N3O. The van der Waals surface area contributed by atoms with Crippen LogP contribution in [0.5, 0.6) is 0 Å². The molecule has 1 heterocycles. The molecule has 0 unspecified atom stereocenters. The van der Waals surface area contributed by atoms with Gasteiger partial charge in [-0.05, 0) is 37.6 Å². The van der Waals surface area contributed by atoms with E-state index in [4.69, 9.17) is 4.74 Å². The van der Waals surface area contributed by atoms with Gasteiger partial charge in [0.05, 0.1) is 0 Å². The van der Waals surface area contributed by atoms with Crippen molar-refractivity contribution in [2.45, 2.75) is 19.9 Å². The highest BCUT2D eigenvalue weighted by atomic mass is 16.5. The first-order valence-electron chi connectivity index (χ1n) is 5.99. The fourth-order valence-electron chi connectivity index (χ4n) is 1.88. The maximum absolute atomic E-state index is 5.05. The lowest BCUT2D eigenvalue weighted by Crippen LogP contribution is -2.22. The molecular weight excluding hydrogens is 214 g/mol. The van der Waals surface area contributed by atoms with Crippen molar-refractivity contribution in [2.24, 2.45) is 0 Å². The Morgan fingerprint density at radius 1 is 1.47 bits per heavy atom. The summed E-state index contributed by atoms with van der Waals surface area (Å²) in [6, 6.07) is 2.19. The summed E-state index contributed by atoms with van der Waals surface area (Å²) in [5.41, 5.74) is 2.44. The number of ether oxygens (including phenoxy) is 1. The normalized spacial score (nSPS) is 10.6. The Hall–Kier alpha value is -1.13. The number of aromatic nitrogens is 1. The van der Waals surface area contributed by atoms with Gasteiger partial charge in [0, 0.05) is 40.1 Å². The Morgan fingerprint density at radius 3 is 2.82 bits per heavy atom. The zero-order valence-corrected chi connectivity index (χ0v) is 11.3. The third-order valence-electron chi connectivity index (χ3n) is 2.69. The van der Waals surface area contributed by atoms with Crippen LogP contribution in [0.2, 0.25) is 0 Å². The molecule has 0 bridgehead atoms. The Bertz CT molecular complexity index is 341. The Morgan fingerprint density at radius 2 is 2.24 bits per heavy atom. The summed E-state index contributed by atoms with van der Waals surface area (Å²) in [6.45, 7) is 4.73. The molecule has 0 aliphatic rings. The lowest BCUT2D eigenvalue weighted by Gasteiger charge is -2.20. The van der Waals surface area contributed by atoms with E-state index in [9.17, 15) is 0 Å². The quantitative estimate of drug-likeness (QED) is 0.731. The highest BCUT2D eigenvalue weighted by Crippen LogP contribution is 2.16. The third kappa shape index (κ3) is 4.32. The average Bonchev–Trinajstić information content (AvgIpc) is 2.29. The minimum Gasteiger partial charge on any atom is -0.385 e. The van der Waals surface area contributed by atoms with Crippen LogP contribution in [0.25, 0.3) is 0 Å². The zero-order valence-electron chi connectivity index (χ0n) is 11.3. The summed E-state index contributed by atoms with van der Waals surface area (Å²) in [5.74, 6) is 1.06. The van der Waals surface area contributed by atoms with Crippen LogP contribution in [0.3, 0.4) is 0 Å². The molecule has 1 rings (SSSR count). The second-order valence-corrected chi connectivity index (χ2v) is 4.28. The fraction of sp³-hybridized carbons (Fsp3) is 0.615. The summed E-state index contributed by atoms with van der Waals surface area (Å²) in [5, 5.41) is 3.13. The topological polar surface area (TPSA) is 37.4 Å². The summed E-state index contributed by atoms with van der Waals surface area (Å²) in [6.07, 6.45) is 2.96. The second-order valence-electron chi connectivity index (χ2n) is 4.28. The number of methoxy groups -OCH3 is 1. The van der Waals surface area contributed by atoms with Crippen molar-refractivity contribution in [2.75, 3.05) is 39.3 Å². The van der Waals surface area contributed by atoms with Crippen LogP contribution in [0.4, 0.5) is 5.82 Å². The van der Waals surface area contributed by atoms with E-state index in [0.717, 1.165) is 31.9 Å². The molecule has 96 valence electrons. The van der Waals surface area contributed by atoms with Crippen LogP contribution < -0.4 is 10.2 Å². The molecule has 0 aliphatic heterocycles. The van der Waals surface area contributed by atoms with Crippen LogP contribution in [0.1, 0.15) is 17.5 Å².